The van der Waals surface area contributed by atoms with E-state index in [-0.39, 0.29) is 22.9 Å². The van der Waals surface area contributed by atoms with Gasteiger partial charge >= 0.3 is 0 Å². The van der Waals surface area contributed by atoms with Crippen LogP contribution in [0, 0.1) is 11.3 Å². The third-order valence-corrected chi connectivity index (χ3v) is 7.64. The first-order chi connectivity index (χ1) is 11.7. The Kier molecular flexibility index (Phi) is 5.78. The van der Waals surface area contributed by atoms with Crippen LogP contribution in [0.25, 0.3) is 11.1 Å². The van der Waals surface area contributed by atoms with E-state index in [1.54, 1.807) is 30.3 Å². The first-order valence-electron chi connectivity index (χ1n) is 8.00. The molecule has 0 saturated carbocycles. The second-order valence-electron chi connectivity index (χ2n) is 7.14. The number of aliphatic hydroxyl groups excluding tert-OH is 1. The third-order valence-electron chi connectivity index (χ3n) is 3.89. The molecule has 0 aliphatic rings. The van der Waals surface area contributed by atoms with Crippen molar-refractivity contribution in [2.45, 2.75) is 37.3 Å². The maximum Gasteiger partial charge on any atom is 0.196 e. The molecule has 0 atom stereocenters. The van der Waals surface area contributed by atoms with Gasteiger partial charge in [-0.2, -0.15) is 5.26 Å². The minimum Gasteiger partial charge on any atom is -0.392 e. The number of aromatic nitrogens is 1. The summed E-state index contributed by atoms with van der Waals surface area (Å²) in [7, 11) is -5.15. The first-order valence-corrected chi connectivity index (χ1v) is 13.4. The Morgan fingerprint density at radius 3 is 2.32 bits per heavy atom. The van der Waals surface area contributed by atoms with Crippen LogP contribution in [0.5, 0.6) is 0 Å². The number of nitriles is 1. The van der Waals surface area contributed by atoms with Crippen molar-refractivity contribution in [1.82, 2.24) is 4.98 Å². The molecule has 1 aromatic carbocycles. The van der Waals surface area contributed by atoms with Crippen LogP contribution in [0.1, 0.15) is 11.1 Å². The lowest BCUT2D eigenvalue weighted by Gasteiger charge is -2.16. The Morgan fingerprint density at radius 1 is 1.16 bits per heavy atom. The molecule has 0 amide bonds. The van der Waals surface area contributed by atoms with Gasteiger partial charge in [0, 0.05) is 19.8 Å². The Morgan fingerprint density at radius 2 is 1.80 bits per heavy atom. The average Bonchev–Trinajstić information content (AvgIpc) is 2.59. The van der Waals surface area contributed by atoms with Crippen LogP contribution in [-0.4, -0.2) is 32.3 Å². The second kappa shape index (κ2) is 7.48. The fourth-order valence-electron chi connectivity index (χ4n) is 2.35. The molecule has 0 bridgehead atoms. The summed E-state index contributed by atoms with van der Waals surface area (Å²) in [5.74, 6) is 0.0112. The second-order valence-corrected chi connectivity index (χ2v) is 14.8. The maximum atomic E-state index is 12.7. The number of pyridine rings is 1. The van der Waals surface area contributed by atoms with E-state index in [0.717, 1.165) is 11.1 Å². The molecule has 1 heterocycles. The Balaban J connectivity index is 2.49. The van der Waals surface area contributed by atoms with Gasteiger partial charge in [0.25, 0.3) is 0 Å². The van der Waals surface area contributed by atoms with Crippen LogP contribution >= 0.6 is 0 Å². The monoisotopic (exact) mass is 374 g/mol. The van der Waals surface area contributed by atoms with Gasteiger partial charge in [0.1, 0.15) is 6.07 Å². The third kappa shape index (κ3) is 4.75. The van der Waals surface area contributed by atoms with Crippen LogP contribution in [-0.2, 0) is 16.4 Å². The van der Waals surface area contributed by atoms with E-state index in [1.165, 1.54) is 6.20 Å². The molecule has 5 nitrogen and oxygen atoms in total. The van der Waals surface area contributed by atoms with Crippen molar-refractivity contribution in [2.75, 3.05) is 5.75 Å². The van der Waals surface area contributed by atoms with Gasteiger partial charge in [-0.25, -0.2) is 13.4 Å². The fraction of sp³-hybridized carbons (Fsp3) is 0.333. The molecule has 0 unspecified atom stereocenters. The Labute approximate surface area is 149 Å². The van der Waals surface area contributed by atoms with Crippen LogP contribution < -0.4 is 0 Å². The summed E-state index contributed by atoms with van der Waals surface area (Å²) in [6.07, 6.45) is 1.43. The largest absolute Gasteiger partial charge is 0.392 e. The molecule has 2 rings (SSSR count). The lowest BCUT2D eigenvalue weighted by atomic mass is 10.0. The van der Waals surface area contributed by atoms with Crippen molar-refractivity contribution in [2.24, 2.45) is 0 Å². The van der Waals surface area contributed by atoms with Gasteiger partial charge in [0.2, 0.25) is 0 Å². The van der Waals surface area contributed by atoms with Crippen LogP contribution in [0.4, 0.5) is 0 Å². The highest BCUT2D eigenvalue weighted by Crippen LogP contribution is 2.28. The van der Waals surface area contributed by atoms with E-state index in [1.807, 2.05) is 6.07 Å². The highest BCUT2D eigenvalue weighted by Gasteiger charge is 2.26. The van der Waals surface area contributed by atoms with Gasteiger partial charge < -0.3 is 5.11 Å². The number of benzene rings is 1. The predicted molar refractivity (Wildman–Crippen MR) is 101 cm³/mol. The highest BCUT2D eigenvalue weighted by molar-refractivity contribution is 7.91. The molecular weight excluding hydrogens is 352 g/mol. The molecule has 7 heteroatoms. The number of nitrogens with zero attached hydrogens (tertiary/aromatic N) is 2. The molecule has 2 aromatic rings. The molecular formula is C18H22N2O3SSi. The molecule has 0 aliphatic heterocycles. The summed E-state index contributed by atoms with van der Waals surface area (Å²) < 4.78 is 25.4. The molecule has 0 radical (unpaired) electrons. The molecule has 1 aromatic heterocycles. The van der Waals surface area contributed by atoms with Gasteiger partial charge in [-0.05, 0) is 23.2 Å². The van der Waals surface area contributed by atoms with Crippen molar-refractivity contribution in [1.29, 1.82) is 5.26 Å². The van der Waals surface area contributed by atoms with Crippen LogP contribution in [0.15, 0.2) is 41.6 Å². The van der Waals surface area contributed by atoms with Crippen LogP contribution in [0.2, 0.25) is 25.7 Å². The van der Waals surface area contributed by atoms with E-state index in [2.05, 4.69) is 24.6 Å². The van der Waals surface area contributed by atoms with Gasteiger partial charge in [0.05, 0.1) is 17.9 Å². The molecule has 0 fully saturated rings. The van der Waals surface area contributed by atoms with Gasteiger partial charge in [0.15, 0.2) is 14.9 Å². The standard InChI is InChI=1S/C18H22N2O3SSi/c1-25(2,3)11-10-24(22,23)18-17(12-19)16(8-9-20-18)15-6-4-14(13-21)5-7-15/h4-9,21H,10-11,13H2,1-3H3. The number of hydrogen-bond acceptors (Lipinski definition) is 5. The topological polar surface area (TPSA) is 91.1 Å². The predicted octanol–water partition coefficient (Wildman–Crippen LogP) is 3.22. The molecule has 0 aliphatic carbocycles. The first kappa shape index (κ1) is 19.3. The SMILES string of the molecule is C[Si](C)(C)CCS(=O)(=O)c1nccc(-c2ccc(CO)cc2)c1C#N. The van der Waals surface area contributed by atoms with E-state index in [4.69, 9.17) is 5.11 Å². The quantitative estimate of drug-likeness (QED) is 0.784. The number of rotatable bonds is 6. The molecule has 0 spiro atoms. The van der Waals surface area contributed by atoms with E-state index in [9.17, 15) is 13.7 Å². The van der Waals surface area contributed by atoms with Crippen molar-refractivity contribution in [3.05, 3.63) is 47.7 Å². The summed E-state index contributed by atoms with van der Waals surface area (Å²) >= 11 is 0. The fourth-order valence-corrected chi connectivity index (χ4v) is 6.76. The smallest absolute Gasteiger partial charge is 0.196 e. The average molecular weight is 375 g/mol. The minimum atomic E-state index is -3.62. The molecule has 0 saturated heterocycles. The summed E-state index contributed by atoms with van der Waals surface area (Å²) in [4.78, 5) is 4.01. The highest BCUT2D eigenvalue weighted by atomic mass is 32.2. The minimum absolute atomic E-state index is 0.0112. The Bertz CT molecular complexity index is 895. The van der Waals surface area contributed by atoms with Crippen molar-refractivity contribution in [3.63, 3.8) is 0 Å². The molecule has 132 valence electrons. The van der Waals surface area contributed by atoms with E-state index < -0.39 is 17.9 Å². The normalized spacial score (nSPS) is 12.0. The Hall–Kier alpha value is -2.01. The summed E-state index contributed by atoms with van der Waals surface area (Å²) in [5.41, 5.74) is 2.08. The molecule has 25 heavy (non-hydrogen) atoms. The number of hydrogen-bond donors (Lipinski definition) is 1. The van der Waals surface area contributed by atoms with Crippen molar-refractivity contribution in [3.8, 4) is 17.2 Å². The summed E-state index contributed by atoms with van der Waals surface area (Å²) in [6, 6.07) is 11.3. The van der Waals surface area contributed by atoms with E-state index in [0.29, 0.717) is 11.6 Å². The van der Waals surface area contributed by atoms with E-state index >= 15 is 0 Å². The summed E-state index contributed by atoms with van der Waals surface area (Å²) in [6.45, 7) is 6.26. The lowest BCUT2D eigenvalue weighted by molar-refractivity contribution is 0.282. The summed E-state index contributed by atoms with van der Waals surface area (Å²) in [5, 5.41) is 18.6. The zero-order chi connectivity index (χ0) is 18.7. The van der Waals surface area contributed by atoms with Gasteiger partial charge in [-0.1, -0.05) is 43.9 Å². The maximum absolute atomic E-state index is 12.7. The lowest BCUT2D eigenvalue weighted by Crippen LogP contribution is -2.24. The zero-order valence-electron chi connectivity index (χ0n) is 14.7. The van der Waals surface area contributed by atoms with Gasteiger partial charge in [-0.3, -0.25) is 0 Å². The van der Waals surface area contributed by atoms with Crippen LogP contribution in [0.3, 0.4) is 0 Å². The van der Waals surface area contributed by atoms with Crippen molar-refractivity contribution < 1.29 is 13.5 Å². The number of sulfone groups is 1. The van der Waals surface area contributed by atoms with Gasteiger partial charge in [-0.15, -0.1) is 0 Å². The molecule has 1 N–H and O–H groups in total. The zero-order valence-corrected chi connectivity index (χ0v) is 16.5. The number of aliphatic hydroxyl groups is 1. The van der Waals surface area contributed by atoms with Crippen molar-refractivity contribution >= 4 is 17.9 Å².